The van der Waals surface area contributed by atoms with Crippen molar-refractivity contribution < 1.29 is 36.8 Å². The van der Waals surface area contributed by atoms with Crippen molar-refractivity contribution >= 4 is 13.7 Å². The Morgan fingerprint density at radius 1 is 1.24 bits per heavy atom. The third-order valence-corrected chi connectivity index (χ3v) is 1.89. The van der Waals surface area contributed by atoms with E-state index in [1.54, 1.807) is 0 Å². The number of phosphoric ester groups is 1. The maximum atomic E-state index is 11.5. The molecule has 11 heteroatoms. The van der Waals surface area contributed by atoms with Gasteiger partial charge in [-0.25, -0.2) is 0 Å². The molecule has 0 fully saturated rings. The molecule has 0 rings (SSSR count). The molecule has 21 heavy (non-hydrogen) atoms. The number of halogens is 3. The first kappa shape index (κ1) is 25.3. The zero-order valence-electron chi connectivity index (χ0n) is 12.2. The first-order chi connectivity index (χ1) is 9.46. The zero-order chi connectivity index (χ0) is 17.5. The van der Waals surface area contributed by atoms with Gasteiger partial charge in [0.25, 0.3) is 0 Å². The molecule has 0 heterocycles. The van der Waals surface area contributed by atoms with Gasteiger partial charge in [0.15, 0.2) is 0 Å². The van der Waals surface area contributed by atoms with E-state index in [0.717, 1.165) is 6.54 Å². The van der Waals surface area contributed by atoms with Crippen LogP contribution in [0.3, 0.4) is 0 Å². The van der Waals surface area contributed by atoms with Gasteiger partial charge >= 0.3 is 12.1 Å². The molecule has 0 bridgehead atoms. The van der Waals surface area contributed by atoms with E-state index in [4.69, 9.17) is 5.73 Å². The molecule has 130 valence electrons. The number of alkyl halides is 3. The van der Waals surface area contributed by atoms with E-state index < -0.39 is 33.1 Å². The van der Waals surface area contributed by atoms with Gasteiger partial charge in [-0.3, -0.25) is 4.79 Å². The van der Waals surface area contributed by atoms with E-state index >= 15 is 0 Å². The minimum absolute atomic E-state index is 0.715. The topological polar surface area (TPSA) is 128 Å². The number of unbranched alkanes of at least 4 members (excludes halogenated alkanes) is 1. The molecule has 0 spiro atoms. The summed E-state index contributed by atoms with van der Waals surface area (Å²) in [6, 6.07) is 0. The quantitative estimate of drug-likeness (QED) is 0.547. The van der Waals surface area contributed by atoms with Crippen LogP contribution in [0.1, 0.15) is 33.6 Å². The molecule has 7 nitrogen and oxygen atoms in total. The second kappa shape index (κ2) is 14.3. The molecule has 1 amide bonds. The monoisotopic (exact) mass is 338 g/mol. The number of amides is 1. The van der Waals surface area contributed by atoms with Crippen molar-refractivity contribution in [3.63, 3.8) is 0 Å². The van der Waals surface area contributed by atoms with E-state index in [0.29, 0.717) is 0 Å². The molecule has 0 aliphatic heterocycles. The highest BCUT2D eigenvalue weighted by Crippen LogP contribution is 2.23. The van der Waals surface area contributed by atoms with Crippen LogP contribution in [0.25, 0.3) is 0 Å². The maximum Gasteiger partial charge on any atom is 0.471 e. The van der Waals surface area contributed by atoms with Crippen molar-refractivity contribution in [1.82, 2.24) is 5.32 Å². The Bertz CT molecular complexity index is 295. The molecule has 3 N–H and O–H groups in total. The Kier molecular flexibility index (Phi) is 17.2. The number of phosphoric acid groups is 1. The lowest BCUT2D eigenvalue weighted by Gasteiger charge is -2.28. The van der Waals surface area contributed by atoms with Crippen LogP contribution < -0.4 is 20.8 Å². The summed E-state index contributed by atoms with van der Waals surface area (Å²) < 4.78 is 47.8. The fraction of sp³-hybridized carbons (Fsp3) is 0.900. The van der Waals surface area contributed by atoms with Crippen LogP contribution in [-0.2, 0) is 13.9 Å². The van der Waals surface area contributed by atoms with Gasteiger partial charge < -0.3 is 29.9 Å². The van der Waals surface area contributed by atoms with Crippen LogP contribution >= 0.6 is 7.82 Å². The number of hydrogen-bond acceptors (Lipinski definition) is 6. The van der Waals surface area contributed by atoms with Gasteiger partial charge in [-0.05, 0) is 6.54 Å². The lowest BCUT2D eigenvalue weighted by atomic mass is 10.4. The minimum Gasteiger partial charge on any atom is -0.790 e. The first-order valence-electron chi connectivity index (χ1n) is 6.17. The summed E-state index contributed by atoms with van der Waals surface area (Å²) in [4.78, 5) is 29.6. The standard InChI is InChI=1S/C4H7F3NO5P.C4H10.C2H7N/c5-4(6,7)3(9)8-1-2-13-14(10,11)12;1-3-4-2;1-2-3/h1-2H2,(H,8,9)(H2,10,11,12);3-4H2,1-2H3;2-3H2,1H3/p-2. The first-order valence-corrected chi connectivity index (χ1v) is 7.63. The summed E-state index contributed by atoms with van der Waals surface area (Å²) in [5, 5.41) is 1.31. The summed E-state index contributed by atoms with van der Waals surface area (Å²) >= 11 is 0. The molecule has 0 saturated heterocycles. The largest absolute Gasteiger partial charge is 0.790 e. The Labute approximate surface area is 122 Å². The zero-order valence-corrected chi connectivity index (χ0v) is 13.1. The van der Waals surface area contributed by atoms with Gasteiger partial charge in [-0.2, -0.15) is 13.2 Å². The van der Waals surface area contributed by atoms with Crippen molar-refractivity contribution in [3.05, 3.63) is 0 Å². The summed E-state index contributed by atoms with van der Waals surface area (Å²) in [5.41, 5.74) is 4.85. The third kappa shape index (κ3) is 28.3. The van der Waals surface area contributed by atoms with Gasteiger partial charge in [0, 0.05) is 6.54 Å². The highest BCUT2D eigenvalue weighted by molar-refractivity contribution is 7.43. The van der Waals surface area contributed by atoms with Crippen molar-refractivity contribution in [1.29, 1.82) is 0 Å². The number of hydrogen-bond donors (Lipinski definition) is 2. The van der Waals surface area contributed by atoms with E-state index in [2.05, 4.69) is 18.4 Å². The second-order valence-corrected chi connectivity index (χ2v) is 4.59. The normalized spacial score (nSPS) is 10.7. The highest BCUT2D eigenvalue weighted by Gasteiger charge is 2.38. The number of carbonyl (C=O) groups is 1. The van der Waals surface area contributed by atoms with Crippen molar-refractivity contribution in [2.24, 2.45) is 5.73 Å². The van der Waals surface area contributed by atoms with Gasteiger partial charge in [0.2, 0.25) is 0 Å². The van der Waals surface area contributed by atoms with Gasteiger partial charge in [-0.1, -0.05) is 33.6 Å². The van der Waals surface area contributed by atoms with Crippen LogP contribution in [0.2, 0.25) is 0 Å². The fourth-order valence-corrected chi connectivity index (χ4v) is 0.737. The minimum atomic E-state index is -5.20. The molecule has 0 radical (unpaired) electrons. The van der Waals surface area contributed by atoms with Crippen molar-refractivity contribution in [3.8, 4) is 0 Å². The van der Waals surface area contributed by atoms with Crippen molar-refractivity contribution in [2.45, 2.75) is 39.8 Å². The van der Waals surface area contributed by atoms with E-state index in [1.165, 1.54) is 18.2 Å². The fourth-order valence-electron chi connectivity index (χ4n) is 0.422. The average Bonchev–Trinajstić information content (AvgIpc) is 2.33. The SMILES string of the molecule is CCCC.CCN.O=C(NCCOP(=O)([O-])[O-])C(F)(F)F. The molecule has 0 unspecified atom stereocenters. The van der Waals surface area contributed by atoms with Gasteiger partial charge in [0.1, 0.15) is 0 Å². The van der Waals surface area contributed by atoms with E-state index in [9.17, 15) is 32.3 Å². The van der Waals surface area contributed by atoms with Crippen LogP contribution in [0, 0.1) is 0 Å². The van der Waals surface area contributed by atoms with Gasteiger partial charge in [-0.15, -0.1) is 0 Å². The molecule has 0 saturated carbocycles. The summed E-state index contributed by atoms with van der Waals surface area (Å²) in [6.07, 6.45) is -2.40. The Morgan fingerprint density at radius 2 is 1.62 bits per heavy atom. The molecule has 0 atom stereocenters. The lowest BCUT2D eigenvalue weighted by molar-refractivity contribution is -0.341. The van der Waals surface area contributed by atoms with Gasteiger partial charge in [0.05, 0.1) is 14.4 Å². The molecule has 0 aromatic carbocycles. The number of nitrogens with two attached hydrogens (primary N) is 1. The van der Waals surface area contributed by atoms with Crippen LogP contribution in [-0.4, -0.2) is 31.8 Å². The third-order valence-electron chi connectivity index (χ3n) is 1.39. The van der Waals surface area contributed by atoms with Crippen LogP contribution in [0.5, 0.6) is 0 Å². The molecule has 0 aliphatic carbocycles. The Balaban J connectivity index is -0.000000386. The summed E-state index contributed by atoms with van der Waals surface area (Å²) in [7, 11) is -5.20. The second-order valence-electron chi connectivity index (χ2n) is 3.44. The number of rotatable bonds is 5. The average molecular weight is 338 g/mol. The summed E-state index contributed by atoms with van der Waals surface area (Å²) in [6.45, 7) is 5.47. The Hall–Kier alpha value is -0.670. The number of carbonyl (C=O) groups excluding carboxylic acids is 1. The lowest BCUT2D eigenvalue weighted by Crippen LogP contribution is -2.38. The smallest absolute Gasteiger partial charge is 0.471 e. The highest BCUT2D eigenvalue weighted by atomic mass is 31.2. The Morgan fingerprint density at radius 3 is 1.86 bits per heavy atom. The van der Waals surface area contributed by atoms with Crippen LogP contribution in [0.15, 0.2) is 0 Å². The predicted octanol–water partition coefficient (Wildman–Crippen LogP) is 0.282. The maximum absolute atomic E-state index is 11.5. The molecule has 0 aromatic rings. The molecular formula is C10H22F3N2O5P-2. The number of nitrogens with one attached hydrogen (secondary N) is 1. The molecule has 0 aromatic heterocycles. The van der Waals surface area contributed by atoms with E-state index in [1.807, 2.05) is 6.92 Å². The van der Waals surface area contributed by atoms with Crippen molar-refractivity contribution in [2.75, 3.05) is 19.7 Å². The van der Waals surface area contributed by atoms with E-state index in [-0.39, 0.29) is 0 Å². The molecular weight excluding hydrogens is 316 g/mol. The van der Waals surface area contributed by atoms with Crippen LogP contribution in [0.4, 0.5) is 13.2 Å². The predicted molar refractivity (Wildman–Crippen MR) is 67.9 cm³/mol. The molecule has 0 aliphatic rings. The summed E-state index contributed by atoms with van der Waals surface area (Å²) in [5.74, 6) is -2.23.